The summed E-state index contributed by atoms with van der Waals surface area (Å²) in [4.78, 5) is 12.4. The van der Waals surface area contributed by atoms with Crippen molar-refractivity contribution in [1.29, 1.82) is 0 Å². The van der Waals surface area contributed by atoms with Crippen LogP contribution in [0.2, 0.25) is 16.6 Å². The molecule has 0 amide bonds. The van der Waals surface area contributed by atoms with Crippen molar-refractivity contribution >= 4 is 8.32 Å². The molecular weight excluding hydrogens is 296 g/mol. The highest BCUT2D eigenvalue weighted by Crippen LogP contribution is 2.54. The summed E-state index contributed by atoms with van der Waals surface area (Å²) in [6, 6.07) is 0. The van der Waals surface area contributed by atoms with Gasteiger partial charge in [0.2, 0.25) is 0 Å². The topological polar surface area (TPSA) is 20.2 Å². The van der Waals surface area contributed by atoms with Gasteiger partial charge in [0.25, 0.3) is 0 Å². The molecule has 0 aromatic carbocycles. The summed E-state index contributed by atoms with van der Waals surface area (Å²) >= 11 is 0. The summed E-state index contributed by atoms with van der Waals surface area (Å²) in [7, 11) is -2.14. The second-order valence-corrected chi connectivity index (χ2v) is 13.2. The van der Waals surface area contributed by atoms with E-state index in [0.29, 0.717) is 0 Å². The van der Waals surface area contributed by atoms with E-state index in [-0.39, 0.29) is 0 Å². The highest BCUT2D eigenvalue weighted by molar-refractivity contribution is 6.76. The summed E-state index contributed by atoms with van der Waals surface area (Å²) in [6.45, 7) is 0. The fraction of sp³-hybridized carbons (Fsp3) is 1.00. The van der Waals surface area contributed by atoms with Gasteiger partial charge in [-0.1, -0.05) is 116 Å². The number of rotatable bonds is 3. The molecule has 23 heavy (non-hydrogen) atoms. The van der Waals surface area contributed by atoms with E-state index in [2.05, 4.69) is 0 Å². The lowest BCUT2D eigenvalue weighted by Crippen LogP contribution is -2.49. The lowest BCUT2D eigenvalue weighted by atomic mass is 10.2. The Kier molecular flexibility index (Phi) is 7.06. The molecule has 3 fully saturated rings. The Morgan fingerprint density at radius 3 is 0.826 bits per heavy atom. The van der Waals surface area contributed by atoms with Crippen molar-refractivity contribution in [2.45, 2.75) is 132 Å². The summed E-state index contributed by atoms with van der Waals surface area (Å²) in [5, 5.41) is 0. The highest BCUT2D eigenvalue weighted by Gasteiger charge is 2.51. The Morgan fingerprint density at radius 1 is 0.391 bits per heavy atom. The third-order valence-electron chi connectivity index (χ3n) is 7.53. The molecule has 3 rings (SSSR count). The predicted molar refractivity (Wildman–Crippen MR) is 102 cm³/mol. The average molecular weight is 337 g/mol. The van der Waals surface area contributed by atoms with Gasteiger partial charge in [-0.25, -0.2) is 0 Å². The molecular formula is C21H40OSi. The van der Waals surface area contributed by atoms with E-state index in [1.807, 2.05) is 0 Å². The Bertz CT molecular complexity index is 268. The average Bonchev–Trinajstić information content (AvgIpc) is 3.10. The third kappa shape index (κ3) is 4.42. The van der Waals surface area contributed by atoms with Gasteiger partial charge >= 0.3 is 0 Å². The van der Waals surface area contributed by atoms with Crippen LogP contribution in [0.25, 0.3) is 0 Å². The molecule has 0 bridgehead atoms. The monoisotopic (exact) mass is 336 g/mol. The minimum absolute atomic E-state index is 0.746. The van der Waals surface area contributed by atoms with Crippen molar-refractivity contribution < 1.29 is 4.80 Å². The quantitative estimate of drug-likeness (QED) is 0.430. The van der Waals surface area contributed by atoms with Crippen LogP contribution < -0.4 is 0 Å². The molecule has 3 saturated carbocycles. The van der Waals surface area contributed by atoms with E-state index in [1.165, 1.54) is 116 Å². The first-order chi connectivity index (χ1) is 11.3. The second-order valence-electron chi connectivity index (χ2n) is 8.95. The molecule has 3 aliphatic rings. The molecule has 0 radical (unpaired) electrons. The zero-order valence-corrected chi connectivity index (χ0v) is 16.4. The van der Waals surface area contributed by atoms with Gasteiger partial charge in [0.1, 0.15) is 0 Å². The molecule has 0 aliphatic heterocycles. The van der Waals surface area contributed by atoms with Crippen LogP contribution in [0.3, 0.4) is 0 Å². The van der Waals surface area contributed by atoms with Crippen LogP contribution in [0.4, 0.5) is 0 Å². The van der Waals surface area contributed by atoms with Crippen LogP contribution in [-0.4, -0.2) is 13.1 Å². The number of hydrogen-bond acceptors (Lipinski definition) is 1. The van der Waals surface area contributed by atoms with Crippen molar-refractivity contribution in [3.63, 3.8) is 0 Å². The van der Waals surface area contributed by atoms with Gasteiger partial charge in [-0.15, -0.1) is 0 Å². The van der Waals surface area contributed by atoms with Gasteiger partial charge in [0, 0.05) is 0 Å². The molecule has 0 atom stereocenters. The molecule has 0 aromatic heterocycles. The van der Waals surface area contributed by atoms with Crippen LogP contribution in [0.15, 0.2) is 0 Å². The molecule has 2 heteroatoms. The SMILES string of the molecule is O[Si](C1CCCCCC1)(C1CCCCCC1)C1CCCCCC1. The van der Waals surface area contributed by atoms with E-state index >= 15 is 0 Å². The first kappa shape index (κ1) is 18.0. The maximum atomic E-state index is 12.4. The smallest absolute Gasteiger partial charge is 0.197 e. The lowest BCUT2D eigenvalue weighted by molar-refractivity contribution is 0.399. The molecule has 0 unspecified atom stereocenters. The third-order valence-corrected chi connectivity index (χ3v) is 13.2. The van der Waals surface area contributed by atoms with Crippen molar-refractivity contribution in [2.75, 3.05) is 0 Å². The Hall–Kier alpha value is 0.177. The summed E-state index contributed by atoms with van der Waals surface area (Å²) < 4.78 is 0. The largest absolute Gasteiger partial charge is 0.431 e. The van der Waals surface area contributed by atoms with Crippen LogP contribution in [-0.2, 0) is 0 Å². The van der Waals surface area contributed by atoms with Crippen molar-refractivity contribution in [3.05, 3.63) is 0 Å². The highest BCUT2D eigenvalue weighted by atomic mass is 28.4. The van der Waals surface area contributed by atoms with Crippen LogP contribution in [0.5, 0.6) is 0 Å². The Morgan fingerprint density at radius 2 is 0.609 bits per heavy atom. The first-order valence-corrected chi connectivity index (χ1v) is 13.2. The molecule has 134 valence electrons. The van der Waals surface area contributed by atoms with Gasteiger partial charge in [-0.2, -0.15) is 0 Å². The van der Waals surface area contributed by atoms with E-state index < -0.39 is 8.32 Å². The van der Waals surface area contributed by atoms with Gasteiger partial charge < -0.3 is 4.80 Å². The zero-order chi connectivity index (χ0) is 16.0. The Labute approximate surface area is 145 Å². The summed E-state index contributed by atoms with van der Waals surface area (Å²) in [6.07, 6.45) is 25.2. The van der Waals surface area contributed by atoms with Crippen LogP contribution in [0.1, 0.15) is 116 Å². The molecule has 0 aromatic rings. The molecule has 1 nitrogen and oxygen atoms in total. The molecule has 0 saturated heterocycles. The van der Waals surface area contributed by atoms with Crippen LogP contribution >= 0.6 is 0 Å². The Balaban J connectivity index is 1.82. The van der Waals surface area contributed by atoms with Crippen LogP contribution in [0, 0.1) is 0 Å². The fourth-order valence-corrected chi connectivity index (χ4v) is 12.2. The van der Waals surface area contributed by atoms with E-state index in [4.69, 9.17) is 0 Å². The van der Waals surface area contributed by atoms with Crippen molar-refractivity contribution in [3.8, 4) is 0 Å². The minimum atomic E-state index is -2.14. The van der Waals surface area contributed by atoms with Gasteiger partial charge in [-0.3, -0.25) is 0 Å². The second kappa shape index (κ2) is 9.04. The predicted octanol–water partition coefficient (Wildman–Crippen LogP) is 7.10. The minimum Gasteiger partial charge on any atom is -0.431 e. The van der Waals surface area contributed by atoms with E-state index in [9.17, 15) is 4.80 Å². The maximum Gasteiger partial charge on any atom is 0.197 e. The number of hydrogen-bond donors (Lipinski definition) is 1. The molecule has 1 N–H and O–H groups in total. The van der Waals surface area contributed by atoms with E-state index in [1.54, 1.807) is 0 Å². The van der Waals surface area contributed by atoms with Crippen molar-refractivity contribution in [1.82, 2.24) is 0 Å². The molecule has 0 heterocycles. The van der Waals surface area contributed by atoms with E-state index in [0.717, 1.165) is 16.6 Å². The summed E-state index contributed by atoms with van der Waals surface area (Å²) in [5.74, 6) is 0. The maximum absolute atomic E-state index is 12.4. The normalized spacial score (nSPS) is 28.0. The fourth-order valence-electron chi connectivity index (χ4n) is 6.23. The van der Waals surface area contributed by atoms with Gasteiger partial charge in [-0.05, 0) is 16.6 Å². The van der Waals surface area contributed by atoms with Gasteiger partial charge in [0.05, 0.1) is 0 Å². The molecule has 3 aliphatic carbocycles. The molecule has 0 spiro atoms. The van der Waals surface area contributed by atoms with Crippen molar-refractivity contribution in [2.24, 2.45) is 0 Å². The van der Waals surface area contributed by atoms with Gasteiger partial charge in [0.15, 0.2) is 8.32 Å². The lowest BCUT2D eigenvalue weighted by Gasteiger charge is -2.45. The first-order valence-electron chi connectivity index (χ1n) is 11.0. The summed E-state index contributed by atoms with van der Waals surface area (Å²) in [5.41, 5.74) is 2.24. The zero-order valence-electron chi connectivity index (χ0n) is 15.4. The standard InChI is InChI=1S/C21H40OSi/c22-23(19-13-7-1-2-8-14-19,20-15-9-3-4-10-16-20)21-17-11-5-6-12-18-21/h19-22H,1-18H2.